The highest BCUT2D eigenvalue weighted by Gasteiger charge is 2.26. The van der Waals surface area contributed by atoms with E-state index >= 15 is 0 Å². The minimum Gasteiger partial charge on any atom is -0.493 e. The summed E-state index contributed by atoms with van der Waals surface area (Å²) in [6.07, 6.45) is 1.26. The highest BCUT2D eigenvalue weighted by Crippen LogP contribution is 2.33. The Hall–Kier alpha value is -4.67. The standard InChI is InChI=1S/C26H27N7O4/c1-16-5-4-6-18(13-16)37-26(34)33-11-9-32(10-12-33)24-22-23(30-25(27)31-24)28-15-19(29-22)17-7-8-20(35-2)21(14-17)36-3/h4-8,13-15H,9-12H2,1-3H3,(H2,27,28,30,31). The van der Waals surface area contributed by atoms with Gasteiger partial charge in [-0.2, -0.15) is 9.97 Å². The van der Waals surface area contributed by atoms with Gasteiger partial charge in [0, 0.05) is 31.7 Å². The number of anilines is 2. The summed E-state index contributed by atoms with van der Waals surface area (Å²) in [7, 11) is 3.17. The van der Waals surface area contributed by atoms with Gasteiger partial charge in [-0.05, 0) is 42.8 Å². The summed E-state index contributed by atoms with van der Waals surface area (Å²) in [5.41, 5.74) is 9.37. The van der Waals surface area contributed by atoms with Crippen LogP contribution in [0.5, 0.6) is 17.2 Å². The predicted octanol–water partition coefficient (Wildman–Crippen LogP) is 3.32. The highest BCUT2D eigenvalue weighted by molar-refractivity contribution is 5.86. The lowest BCUT2D eigenvalue weighted by atomic mass is 10.1. The van der Waals surface area contributed by atoms with Crippen LogP contribution < -0.4 is 24.8 Å². The number of hydrogen-bond acceptors (Lipinski definition) is 10. The molecule has 5 rings (SSSR count). The normalized spacial score (nSPS) is 13.5. The number of ether oxygens (including phenoxy) is 3. The first-order valence-electron chi connectivity index (χ1n) is 11.8. The van der Waals surface area contributed by atoms with Crippen LogP contribution in [-0.4, -0.2) is 71.3 Å². The molecule has 11 nitrogen and oxygen atoms in total. The molecular weight excluding hydrogens is 474 g/mol. The Bertz CT molecular complexity index is 1450. The van der Waals surface area contributed by atoms with Gasteiger partial charge in [-0.25, -0.2) is 14.8 Å². The van der Waals surface area contributed by atoms with Gasteiger partial charge in [0.15, 0.2) is 28.5 Å². The summed E-state index contributed by atoms with van der Waals surface area (Å²) in [5.74, 6) is 2.42. The maximum absolute atomic E-state index is 12.7. The minimum atomic E-state index is -0.382. The lowest BCUT2D eigenvalue weighted by Gasteiger charge is -2.34. The van der Waals surface area contributed by atoms with Gasteiger partial charge in [0.05, 0.1) is 26.1 Å². The van der Waals surface area contributed by atoms with E-state index in [1.54, 1.807) is 31.4 Å². The van der Waals surface area contributed by atoms with Crippen molar-refractivity contribution < 1.29 is 19.0 Å². The predicted molar refractivity (Wildman–Crippen MR) is 139 cm³/mol. The van der Waals surface area contributed by atoms with Gasteiger partial charge in [-0.1, -0.05) is 12.1 Å². The van der Waals surface area contributed by atoms with Gasteiger partial charge >= 0.3 is 6.09 Å². The van der Waals surface area contributed by atoms with Crippen molar-refractivity contribution in [1.82, 2.24) is 24.8 Å². The van der Waals surface area contributed by atoms with Crippen molar-refractivity contribution >= 4 is 29.0 Å². The molecule has 0 atom stereocenters. The molecule has 0 spiro atoms. The number of aryl methyl sites for hydroxylation is 1. The van der Waals surface area contributed by atoms with Crippen LogP contribution in [0.2, 0.25) is 0 Å². The minimum absolute atomic E-state index is 0.108. The Morgan fingerprint density at radius 3 is 2.46 bits per heavy atom. The first-order chi connectivity index (χ1) is 17.9. The zero-order chi connectivity index (χ0) is 25.9. The highest BCUT2D eigenvalue weighted by atomic mass is 16.6. The molecule has 0 bridgehead atoms. The number of carbonyl (C=O) groups is 1. The second kappa shape index (κ2) is 10.1. The van der Waals surface area contributed by atoms with Crippen LogP contribution in [0, 0.1) is 6.92 Å². The maximum atomic E-state index is 12.7. The van der Waals surface area contributed by atoms with E-state index in [0.717, 1.165) is 11.1 Å². The molecule has 0 unspecified atom stereocenters. The van der Waals surface area contributed by atoms with Crippen LogP contribution in [0.1, 0.15) is 5.56 Å². The fourth-order valence-electron chi connectivity index (χ4n) is 4.21. The van der Waals surface area contributed by atoms with Gasteiger partial charge < -0.3 is 29.7 Å². The summed E-state index contributed by atoms with van der Waals surface area (Å²) in [4.78, 5) is 34.4. The Labute approximate surface area is 213 Å². The van der Waals surface area contributed by atoms with Crippen LogP contribution in [0.4, 0.5) is 16.6 Å². The van der Waals surface area contributed by atoms with Gasteiger partial charge in [0.2, 0.25) is 5.95 Å². The van der Waals surface area contributed by atoms with Crippen LogP contribution in [0.25, 0.3) is 22.4 Å². The fourth-order valence-corrected chi connectivity index (χ4v) is 4.21. The van der Waals surface area contributed by atoms with Gasteiger partial charge in [0.1, 0.15) is 5.75 Å². The molecule has 3 heterocycles. The smallest absolute Gasteiger partial charge is 0.415 e. The molecule has 1 fully saturated rings. The molecule has 11 heteroatoms. The van der Waals surface area contributed by atoms with Crippen molar-refractivity contribution in [1.29, 1.82) is 0 Å². The van der Waals surface area contributed by atoms with Crippen molar-refractivity contribution in [3.8, 4) is 28.5 Å². The number of hydrogen-bond donors (Lipinski definition) is 1. The number of fused-ring (bicyclic) bond motifs is 1. The third kappa shape index (κ3) is 5.01. The second-order valence-electron chi connectivity index (χ2n) is 8.56. The van der Waals surface area contributed by atoms with Crippen molar-refractivity contribution in [3.05, 3.63) is 54.2 Å². The molecule has 190 valence electrons. The zero-order valence-electron chi connectivity index (χ0n) is 20.8. The van der Waals surface area contributed by atoms with E-state index in [0.29, 0.717) is 66.1 Å². The summed E-state index contributed by atoms with van der Waals surface area (Å²) in [5, 5.41) is 0. The summed E-state index contributed by atoms with van der Waals surface area (Å²) in [6, 6.07) is 12.9. The molecule has 0 radical (unpaired) electrons. The van der Waals surface area contributed by atoms with E-state index in [1.165, 1.54) is 0 Å². The topological polar surface area (TPSA) is 129 Å². The van der Waals surface area contributed by atoms with Crippen LogP contribution in [0.15, 0.2) is 48.7 Å². The zero-order valence-corrected chi connectivity index (χ0v) is 20.8. The van der Waals surface area contributed by atoms with Crippen molar-refractivity contribution in [2.75, 3.05) is 51.0 Å². The molecule has 2 aromatic heterocycles. The van der Waals surface area contributed by atoms with E-state index in [1.807, 2.05) is 48.2 Å². The summed E-state index contributed by atoms with van der Waals surface area (Å²) < 4.78 is 16.3. The first-order valence-corrected chi connectivity index (χ1v) is 11.8. The molecule has 0 aliphatic carbocycles. The first kappa shape index (κ1) is 24.0. The number of nitrogens with zero attached hydrogens (tertiary/aromatic N) is 6. The molecule has 2 N–H and O–H groups in total. The SMILES string of the molecule is COc1ccc(-c2cnc3nc(N)nc(N4CCN(C(=O)Oc5cccc(C)c5)CC4)c3n2)cc1OC. The average molecular weight is 502 g/mol. The lowest BCUT2D eigenvalue weighted by molar-refractivity contribution is 0.149. The van der Waals surface area contributed by atoms with Crippen LogP contribution >= 0.6 is 0 Å². The van der Waals surface area contributed by atoms with Crippen molar-refractivity contribution in [2.45, 2.75) is 6.92 Å². The quantitative estimate of drug-likeness (QED) is 0.435. The monoisotopic (exact) mass is 501 g/mol. The fraction of sp³-hybridized carbons (Fsp3) is 0.269. The van der Waals surface area contributed by atoms with Gasteiger partial charge in [-0.3, -0.25) is 0 Å². The summed E-state index contributed by atoms with van der Waals surface area (Å²) in [6.45, 7) is 3.92. The van der Waals surface area contributed by atoms with Gasteiger partial charge in [-0.15, -0.1) is 0 Å². The molecule has 4 aromatic rings. The third-order valence-corrected chi connectivity index (χ3v) is 6.12. The Balaban J connectivity index is 1.38. The van der Waals surface area contributed by atoms with E-state index in [4.69, 9.17) is 24.9 Å². The maximum Gasteiger partial charge on any atom is 0.415 e. The molecule has 37 heavy (non-hydrogen) atoms. The number of benzene rings is 2. The van der Waals surface area contributed by atoms with E-state index in [9.17, 15) is 4.79 Å². The molecule has 1 aliphatic heterocycles. The average Bonchev–Trinajstić information content (AvgIpc) is 2.92. The summed E-state index contributed by atoms with van der Waals surface area (Å²) >= 11 is 0. The number of methoxy groups -OCH3 is 2. The molecule has 1 aliphatic rings. The largest absolute Gasteiger partial charge is 0.493 e. The Kier molecular flexibility index (Phi) is 6.59. The molecule has 2 aromatic carbocycles. The third-order valence-electron chi connectivity index (χ3n) is 6.12. The number of piperazine rings is 1. The Morgan fingerprint density at radius 2 is 1.73 bits per heavy atom. The molecule has 1 amide bonds. The number of rotatable bonds is 5. The number of amides is 1. The van der Waals surface area contributed by atoms with Gasteiger partial charge in [0.25, 0.3) is 0 Å². The number of aromatic nitrogens is 4. The molecule has 0 saturated carbocycles. The van der Waals surface area contributed by atoms with E-state index in [2.05, 4.69) is 15.0 Å². The van der Waals surface area contributed by atoms with Crippen molar-refractivity contribution in [2.24, 2.45) is 0 Å². The number of nitrogen functional groups attached to an aromatic ring is 1. The second-order valence-corrected chi connectivity index (χ2v) is 8.56. The Morgan fingerprint density at radius 1 is 0.946 bits per heavy atom. The number of carbonyl (C=O) groups excluding carboxylic acids is 1. The van der Waals surface area contributed by atoms with Crippen LogP contribution in [0.3, 0.4) is 0 Å². The number of nitrogens with two attached hydrogens (primary N) is 1. The van der Waals surface area contributed by atoms with E-state index in [-0.39, 0.29) is 12.0 Å². The van der Waals surface area contributed by atoms with Crippen LogP contribution in [-0.2, 0) is 0 Å². The van der Waals surface area contributed by atoms with E-state index < -0.39 is 0 Å². The molecule has 1 saturated heterocycles. The molecular formula is C26H27N7O4. The van der Waals surface area contributed by atoms with Crippen molar-refractivity contribution in [3.63, 3.8) is 0 Å². The lowest BCUT2D eigenvalue weighted by Crippen LogP contribution is -2.50.